The Morgan fingerprint density at radius 3 is 2.38 bits per heavy atom. The number of hydrogen-bond donors (Lipinski definition) is 1. The van der Waals surface area contributed by atoms with Crippen molar-refractivity contribution in [2.45, 2.75) is 6.42 Å². The van der Waals surface area contributed by atoms with Crippen LogP contribution < -0.4 is 5.32 Å². The lowest BCUT2D eigenvalue weighted by Gasteiger charge is -2.09. The van der Waals surface area contributed by atoms with E-state index in [1.807, 2.05) is 0 Å². The quantitative estimate of drug-likeness (QED) is 0.413. The van der Waals surface area contributed by atoms with Crippen molar-refractivity contribution >= 4 is 40.4 Å². The molecule has 0 atom stereocenters. The second-order valence-electron chi connectivity index (χ2n) is 5.92. The SMILES string of the molecule is O=[N+]([O-])c1ccc(NCCc2cc(-c3ccc(Cl)cc3Cl)ncc2[N+](=O)[O-])nc1. The highest BCUT2D eigenvalue weighted by Crippen LogP contribution is 2.31. The number of nitrogens with one attached hydrogen (secondary N) is 1. The number of nitro groups is 2. The summed E-state index contributed by atoms with van der Waals surface area (Å²) < 4.78 is 0. The Morgan fingerprint density at radius 1 is 0.966 bits per heavy atom. The van der Waals surface area contributed by atoms with Crippen molar-refractivity contribution in [2.24, 2.45) is 0 Å². The molecule has 9 nitrogen and oxygen atoms in total. The van der Waals surface area contributed by atoms with Crippen LogP contribution in [0.25, 0.3) is 11.3 Å². The third kappa shape index (κ3) is 4.95. The molecule has 0 aliphatic heterocycles. The molecule has 29 heavy (non-hydrogen) atoms. The lowest BCUT2D eigenvalue weighted by Crippen LogP contribution is -2.08. The van der Waals surface area contributed by atoms with Crippen molar-refractivity contribution in [3.8, 4) is 11.3 Å². The molecule has 2 heterocycles. The van der Waals surface area contributed by atoms with Gasteiger partial charge in [-0.25, -0.2) is 9.97 Å². The minimum atomic E-state index is -0.541. The summed E-state index contributed by atoms with van der Waals surface area (Å²) in [6.45, 7) is 0.323. The average Bonchev–Trinajstić information content (AvgIpc) is 2.68. The molecule has 11 heteroatoms. The Labute approximate surface area is 174 Å². The molecule has 0 aliphatic carbocycles. The molecule has 0 unspecified atom stereocenters. The van der Waals surface area contributed by atoms with Crippen LogP contribution in [0.15, 0.2) is 48.8 Å². The van der Waals surface area contributed by atoms with Crippen LogP contribution in [-0.4, -0.2) is 26.4 Å². The van der Waals surface area contributed by atoms with E-state index in [2.05, 4.69) is 15.3 Å². The number of nitrogens with zero attached hydrogens (tertiary/aromatic N) is 4. The summed E-state index contributed by atoms with van der Waals surface area (Å²) in [5.41, 5.74) is 1.32. The predicted octanol–water partition coefficient (Wildman–Crippen LogP) is 4.92. The normalized spacial score (nSPS) is 10.6. The predicted molar refractivity (Wildman–Crippen MR) is 109 cm³/mol. The monoisotopic (exact) mass is 433 g/mol. The second-order valence-corrected chi connectivity index (χ2v) is 6.76. The van der Waals surface area contributed by atoms with Crippen molar-refractivity contribution in [3.05, 3.63) is 84.6 Å². The van der Waals surface area contributed by atoms with Gasteiger partial charge in [-0.1, -0.05) is 23.2 Å². The fourth-order valence-corrected chi connectivity index (χ4v) is 3.13. The summed E-state index contributed by atoms with van der Waals surface area (Å²) in [6, 6.07) is 9.33. The zero-order chi connectivity index (χ0) is 21.0. The highest BCUT2D eigenvalue weighted by Gasteiger charge is 2.17. The first-order valence-corrected chi connectivity index (χ1v) is 9.04. The molecule has 0 radical (unpaired) electrons. The topological polar surface area (TPSA) is 124 Å². The molecular weight excluding hydrogens is 421 g/mol. The van der Waals surface area contributed by atoms with Gasteiger partial charge in [0.2, 0.25) is 0 Å². The Bertz CT molecular complexity index is 1080. The summed E-state index contributed by atoms with van der Waals surface area (Å²) in [4.78, 5) is 29.1. The van der Waals surface area contributed by atoms with E-state index in [9.17, 15) is 20.2 Å². The van der Waals surface area contributed by atoms with Crippen LogP contribution in [0, 0.1) is 20.2 Å². The molecule has 0 saturated heterocycles. The number of anilines is 1. The Kier molecular flexibility index (Phi) is 6.20. The Balaban J connectivity index is 1.79. The second kappa shape index (κ2) is 8.80. The maximum atomic E-state index is 11.3. The van der Waals surface area contributed by atoms with Gasteiger partial charge in [-0.15, -0.1) is 0 Å². The third-order valence-corrected chi connectivity index (χ3v) is 4.58. The van der Waals surface area contributed by atoms with E-state index in [-0.39, 0.29) is 11.4 Å². The van der Waals surface area contributed by atoms with Crippen molar-refractivity contribution in [3.63, 3.8) is 0 Å². The molecule has 0 saturated carbocycles. The number of halogens is 2. The van der Waals surface area contributed by atoms with E-state index in [0.717, 1.165) is 6.20 Å². The fraction of sp³-hybridized carbons (Fsp3) is 0.111. The minimum Gasteiger partial charge on any atom is -0.370 e. The summed E-state index contributed by atoms with van der Waals surface area (Å²) in [6.07, 6.45) is 2.63. The van der Waals surface area contributed by atoms with Crippen LogP contribution in [0.5, 0.6) is 0 Å². The lowest BCUT2D eigenvalue weighted by molar-refractivity contribution is -0.385. The first kappa shape index (κ1) is 20.4. The largest absolute Gasteiger partial charge is 0.370 e. The van der Waals surface area contributed by atoms with Crippen molar-refractivity contribution in [1.82, 2.24) is 9.97 Å². The smallest absolute Gasteiger partial charge is 0.290 e. The molecule has 0 aliphatic rings. The van der Waals surface area contributed by atoms with Gasteiger partial charge in [0.05, 0.1) is 20.6 Å². The fourth-order valence-electron chi connectivity index (χ4n) is 2.62. The maximum absolute atomic E-state index is 11.3. The van der Waals surface area contributed by atoms with Crippen LogP contribution in [-0.2, 0) is 6.42 Å². The number of benzene rings is 1. The van der Waals surface area contributed by atoms with Crippen LogP contribution in [0.2, 0.25) is 10.0 Å². The number of aromatic nitrogens is 2. The Morgan fingerprint density at radius 2 is 1.76 bits per heavy atom. The summed E-state index contributed by atoms with van der Waals surface area (Å²) in [7, 11) is 0. The van der Waals surface area contributed by atoms with E-state index in [1.165, 1.54) is 18.3 Å². The Hall–Kier alpha value is -3.30. The molecule has 1 aromatic carbocycles. The third-order valence-electron chi connectivity index (χ3n) is 4.03. The van der Waals surface area contributed by atoms with Gasteiger partial charge >= 0.3 is 0 Å². The molecule has 2 aromatic heterocycles. The summed E-state index contributed by atoms with van der Waals surface area (Å²) in [5.74, 6) is 0.424. The average molecular weight is 434 g/mol. The zero-order valence-corrected chi connectivity index (χ0v) is 16.2. The maximum Gasteiger partial charge on any atom is 0.290 e. The summed E-state index contributed by atoms with van der Waals surface area (Å²) in [5, 5.41) is 25.8. The van der Waals surface area contributed by atoms with Crippen LogP contribution in [0.1, 0.15) is 5.56 Å². The van der Waals surface area contributed by atoms with Crippen molar-refractivity contribution in [1.29, 1.82) is 0 Å². The van der Waals surface area contributed by atoms with Gasteiger partial charge in [-0.05, 0) is 36.8 Å². The molecule has 3 aromatic rings. The molecule has 0 amide bonds. The minimum absolute atomic E-state index is 0.114. The summed E-state index contributed by atoms with van der Waals surface area (Å²) >= 11 is 12.1. The first-order valence-electron chi connectivity index (χ1n) is 8.28. The van der Waals surface area contributed by atoms with E-state index >= 15 is 0 Å². The molecule has 1 N–H and O–H groups in total. The van der Waals surface area contributed by atoms with Crippen LogP contribution in [0.4, 0.5) is 17.2 Å². The van der Waals surface area contributed by atoms with Gasteiger partial charge < -0.3 is 5.32 Å². The van der Waals surface area contributed by atoms with E-state index in [4.69, 9.17) is 23.2 Å². The van der Waals surface area contributed by atoms with Gasteiger partial charge in [0, 0.05) is 28.8 Å². The molecular formula is C18H13Cl2N5O4. The molecule has 0 spiro atoms. The number of rotatable bonds is 7. The van der Waals surface area contributed by atoms with Gasteiger partial charge in [-0.3, -0.25) is 20.2 Å². The highest BCUT2D eigenvalue weighted by molar-refractivity contribution is 6.36. The highest BCUT2D eigenvalue weighted by atomic mass is 35.5. The van der Waals surface area contributed by atoms with E-state index < -0.39 is 9.85 Å². The van der Waals surface area contributed by atoms with Crippen molar-refractivity contribution < 1.29 is 9.85 Å². The van der Waals surface area contributed by atoms with Crippen molar-refractivity contribution in [2.75, 3.05) is 11.9 Å². The molecule has 3 rings (SSSR count). The lowest BCUT2D eigenvalue weighted by atomic mass is 10.1. The number of hydrogen-bond acceptors (Lipinski definition) is 7. The van der Waals surface area contributed by atoms with E-state index in [1.54, 1.807) is 24.3 Å². The molecule has 0 fully saturated rings. The zero-order valence-electron chi connectivity index (χ0n) is 14.7. The van der Waals surface area contributed by atoms with Crippen LogP contribution in [0.3, 0.4) is 0 Å². The standard InChI is InChI=1S/C18H13Cl2N5O4/c19-12-1-3-14(15(20)8-12)16-7-11(17(10-22-16)25(28)29)5-6-21-18-4-2-13(9-23-18)24(26)27/h1-4,7-10H,5-6H2,(H,21,23). The van der Waals surface area contributed by atoms with Crippen LogP contribution >= 0.6 is 23.2 Å². The van der Waals surface area contributed by atoms with Gasteiger partial charge in [0.1, 0.15) is 18.2 Å². The van der Waals surface area contributed by atoms with Gasteiger partial charge in [0.15, 0.2) is 0 Å². The van der Waals surface area contributed by atoms with E-state index in [0.29, 0.717) is 45.6 Å². The first-order chi connectivity index (χ1) is 13.8. The van der Waals surface area contributed by atoms with Gasteiger partial charge in [0.25, 0.3) is 11.4 Å². The van der Waals surface area contributed by atoms with Gasteiger partial charge in [-0.2, -0.15) is 0 Å². The molecule has 0 bridgehead atoms. The molecule has 148 valence electrons. The number of pyridine rings is 2.